The Morgan fingerprint density at radius 1 is 1.21 bits per heavy atom. The Hall–Kier alpha value is -2.38. The van der Waals surface area contributed by atoms with Crippen molar-refractivity contribution in [2.75, 3.05) is 31.6 Å². The summed E-state index contributed by atoms with van der Waals surface area (Å²) < 4.78 is 5.92. The van der Waals surface area contributed by atoms with E-state index in [1.54, 1.807) is 24.7 Å². The predicted octanol–water partition coefficient (Wildman–Crippen LogP) is 3.47. The van der Waals surface area contributed by atoms with Crippen molar-refractivity contribution in [1.29, 1.82) is 0 Å². The number of hydrogen-bond donors (Lipinski definition) is 2. The molecule has 0 radical (unpaired) electrons. The molecule has 3 heterocycles. The fourth-order valence-electron chi connectivity index (χ4n) is 3.97. The second-order valence-corrected chi connectivity index (χ2v) is 7.41. The molecule has 2 aromatic rings. The van der Waals surface area contributed by atoms with Crippen LogP contribution in [0.15, 0.2) is 24.7 Å². The standard InChI is InChI=1S/C21H26N4O3.ClH/c26-18-6-4-5-16-20(18)15(13-23-16)21(27)24-17-14-22-8-7-19(17)28-12-11-25-9-2-1-3-10-25;/h7-8,13-14,23H,1-6,9-12H2,(H,24,27);1H. The van der Waals surface area contributed by atoms with Crippen LogP contribution in [0.25, 0.3) is 0 Å². The number of fused-ring (bicyclic) bond motifs is 1. The highest BCUT2D eigenvalue weighted by Gasteiger charge is 2.26. The first kappa shape index (κ1) is 21.3. The third-order valence-corrected chi connectivity index (χ3v) is 5.46. The molecule has 0 bridgehead atoms. The number of Topliss-reactive ketones (excluding diaryl/α,β-unsaturated/α-hetero) is 1. The molecule has 1 amide bonds. The fraction of sp³-hybridized carbons (Fsp3) is 0.476. The van der Waals surface area contributed by atoms with Crippen LogP contribution in [0.4, 0.5) is 5.69 Å². The Morgan fingerprint density at radius 3 is 2.86 bits per heavy atom. The van der Waals surface area contributed by atoms with Crippen molar-refractivity contribution in [1.82, 2.24) is 14.9 Å². The lowest BCUT2D eigenvalue weighted by atomic mass is 9.93. The lowest BCUT2D eigenvalue weighted by Gasteiger charge is -2.26. The zero-order valence-electron chi connectivity index (χ0n) is 16.4. The predicted molar refractivity (Wildman–Crippen MR) is 113 cm³/mol. The number of aryl methyl sites for hydroxylation is 1. The van der Waals surface area contributed by atoms with Crippen LogP contribution in [0.1, 0.15) is 58.5 Å². The summed E-state index contributed by atoms with van der Waals surface area (Å²) in [5.74, 6) is 0.301. The normalized spacial score (nSPS) is 16.6. The van der Waals surface area contributed by atoms with Gasteiger partial charge in [0, 0.05) is 37.1 Å². The van der Waals surface area contributed by atoms with Crippen LogP contribution in [-0.4, -0.2) is 52.8 Å². The average molecular weight is 419 g/mol. The number of ketones is 1. The van der Waals surface area contributed by atoms with Crippen LogP contribution >= 0.6 is 12.4 Å². The molecular formula is C21H27ClN4O3. The van der Waals surface area contributed by atoms with Gasteiger partial charge in [-0.3, -0.25) is 19.5 Å². The summed E-state index contributed by atoms with van der Waals surface area (Å²) in [5.41, 5.74) is 2.29. The molecule has 0 atom stereocenters. The minimum Gasteiger partial charge on any atom is -0.490 e. The third-order valence-electron chi connectivity index (χ3n) is 5.46. The number of ether oxygens (including phenoxy) is 1. The van der Waals surface area contributed by atoms with E-state index in [-0.39, 0.29) is 24.1 Å². The minimum atomic E-state index is -0.318. The van der Waals surface area contributed by atoms with Crippen LogP contribution in [0, 0.1) is 0 Å². The molecule has 2 N–H and O–H groups in total. The van der Waals surface area contributed by atoms with Gasteiger partial charge < -0.3 is 15.0 Å². The molecule has 2 aliphatic rings. The molecule has 0 spiro atoms. The summed E-state index contributed by atoms with van der Waals surface area (Å²) in [7, 11) is 0. The van der Waals surface area contributed by atoms with Gasteiger partial charge in [0.25, 0.3) is 5.91 Å². The number of hydrogen-bond acceptors (Lipinski definition) is 5. The van der Waals surface area contributed by atoms with E-state index in [0.29, 0.717) is 35.6 Å². The zero-order valence-corrected chi connectivity index (χ0v) is 17.2. The van der Waals surface area contributed by atoms with E-state index in [0.717, 1.165) is 38.2 Å². The van der Waals surface area contributed by atoms with Gasteiger partial charge in [-0.15, -0.1) is 12.4 Å². The third kappa shape index (κ3) is 4.97. The Balaban J connectivity index is 0.00000240. The van der Waals surface area contributed by atoms with E-state index in [4.69, 9.17) is 4.74 Å². The molecule has 156 valence electrons. The lowest BCUT2D eigenvalue weighted by molar-refractivity contribution is 0.0956. The zero-order chi connectivity index (χ0) is 19.3. The van der Waals surface area contributed by atoms with Gasteiger partial charge in [-0.05, 0) is 38.8 Å². The van der Waals surface area contributed by atoms with Gasteiger partial charge in [0.05, 0.1) is 17.3 Å². The van der Waals surface area contributed by atoms with Gasteiger partial charge in [0.1, 0.15) is 18.0 Å². The molecule has 1 aliphatic heterocycles. The number of carbonyl (C=O) groups is 2. The topological polar surface area (TPSA) is 87.3 Å². The fourth-order valence-corrected chi connectivity index (χ4v) is 3.97. The van der Waals surface area contributed by atoms with Crippen molar-refractivity contribution < 1.29 is 14.3 Å². The van der Waals surface area contributed by atoms with Crippen molar-refractivity contribution in [2.45, 2.75) is 38.5 Å². The molecule has 29 heavy (non-hydrogen) atoms. The molecule has 4 rings (SSSR count). The van der Waals surface area contributed by atoms with E-state index in [1.807, 2.05) is 0 Å². The molecule has 1 saturated heterocycles. The summed E-state index contributed by atoms with van der Waals surface area (Å²) in [6.07, 6.45) is 10.8. The summed E-state index contributed by atoms with van der Waals surface area (Å²) in [6.45, 7) is 3.67. The first-order chi connectivity index (χ1) is 13.7. The Kier molecular flexibility index (Phi) is 7.28. The van der Waals surface area contributed by atoms with Gasteiger partial charge in [-0.1, -0.05) is 6.42 Å². The van der Waals surface area contributed by atoms with E-state index in [2.05, 4.69) is 20.2 Å². The van der Waals surface area contributed by atoms with Crippen LogP contribution in [0.5, 0.6) is 5.75 Å². The molecule has 0 unspecified atom stereocenters. The molecule has 1 aliphatic carbocycles. The highest BCUT2D eigenvalue weighted by atomic mass is 35.5. The van der Waals surface area contributed by atoms with Gasteiger partial charge in [0.15, 0.2) is 5.78 Å². The molecule has 0 aromatic carbocycles. The largest absolute Gasteiger partial charge is 0.490 e. The number of amides is 1. The average Bonchev–Trinajstić information content (AvgIpc) is 3.16. The molecule has 2 aromatic heterocycles. The summed E-state index contributed by atoms with van der Waals surface area (Å²) in [4.78, 5) is 34.6. The minimum absolute atomic E-state index is 0. The number of carbonyl (C=O) groups excluding carboxylic acids is 2. The summed E-state index contributed by atoms with van der Waals surface area (Å²) >= 11 is 0. The van der Waals surface area contributed by atoms with Gasteiger partial charge in [-0.2, -0.15) is 0 Å². The molecule has 1 fully saturated rings. The number of nitrogens with zero attached hydrogens (tertiary/aromatic N) is 2. The van der Waals surface area contributed by atoms with E-state index < -0.39 is 0 Å². The van der Waals surface area contributed by atoms with Crippen molar-refractivity contribution in [3.63, 3.8) is 0 Å². The smallest absolute Gasteiger partial charge is 0.258 e. The number of piperidine rings is 1. The maximum absolute atomic E-state index is 12.8. The number of rotatable bonds is 6. The maximum atomic E-state index is 12.8. The molecule has 0 saturated carbocycles. The van der Waals surface area contributed by atoms with E-state index in [1.165, 1.54) is 19.3 Å². The Morgan fingerprint density at radius 2 is 2.03 bits per heavy atom. The van der Waals surface area contributed by atoms with Crippen LogP contribution in [0.3, 0.4) is 0 Å². The number of halogens is 1. The number of pyridine rings is 1. The van der Waals surface area contributed by atoms with Crippen molar-refractivity contribution in [3.8, 4) is 5.75 Å². The number of aromatic amines is 1. The molecule has 8 heteroatoms. The van der Waals surface area contributed by atoms with E-state index >= 15 is 0 Å². The second-order valence-electron chi connectivity index (χ2n) is 7.41. The number of anilines is 1. The summed E-state index contributed by atoms with van der Waals surface area (Å²) in [5, 5.41) is 2.86. The number of nitrogens with one attached hydrogen (secondary N) is 2. The first-order valence-electron chi connectivity index (χ1n) is 10.1. The summed E-state index contributed by atoms with van der Waals surface area (Å²) in [6, 6.07) is 1.75. The quantitative estimate of drug-likeness (QED) is 0.750. The SMILES string of the molecule is Cl.O=C(Nc1cnccc1OCCN1CCCCC1)c1c[nH]c2c1C(=O)CCC2. The first-order valence-corrected chi connectivity index (χ1v) is 10.1. The van der Waals surface area contributed by atoms with E-state index in [9.17, 15) is 9.59 Å². The molecule has 7 nitrogen and oxygen atoms in total. The monoisotopic (exact) mass is 418 g/mol. The van der Waals surface area contributed by atoms with Crippen LogP contribution in [0.2, 0.25) is 0 Å². The van der Waals surface area contributed by atoms with Crippen molar-refractivity contribution in [2.24, 2.45) is 0 Å². The van der Waals surface area contributed by atoms with Crippen molar-refractivity contribution >= 4 is 29.8 Å². The maximum Gasteiger partial charge on any atom is 0.258 e. The highest BCUT2D eigenvalue weighted by molar-refractivity contribution is 6.13. The second kappa shape index (κ2) is 9.89. The van der Waals surface area contributed by atoms with Gasteiger partial charge in [-0.25, -0.2) is 0 Å². The lowest BCUT2D eigenvalue weighted by Crippen LogP contribution is -2.33. The number of likely N-dealkylation sites (tertiary alicyclic amines) is 1. The Bertz CT molecular complexity index is 861. The highest BCUT2D eigenvalue weighted by Crippen LogP contribution is 2.27. The van der Waals surface area contributed by atoms with Crippen LogP contribution in [-0.2, 0) is 6.42 Å². The molecular weight excluding hydrogens is 392 g/mol. The van der Waals surface area contributed by atoms with Gasteiger partial charge >= 0.3 is 0 Å². The number of aromatic nitrogens is 2. The van der Waals surface area contributed by atoms with Crippen molar-refractivity contribution in [3.05, 3.63) is 41.5 Å². The number of H-pyrrole nitrogens is 1. The Labute approximate surface area is 176 Å². The van der Waals surface area contributed by atoms with Gasteiger partial charge in [0.2, 0.25) is 0 Å². The van der Waals surface area contributed by atoms with Crippen LogP contribution < -0.4 is 10.1 Å².